The van der Waals surface area contributed by atoms with Crippen molar-refractivity contribution in [2.75, 3.05) is 0 Å². The lowest BCUT2D eigenvalue weighted by molar-refractivity contribution is -0.121. The molecule has 1 atom stereocenters. The number of furan rings is 1. The molecule has 3 aromatic rings. The Morgan fingerprint density at radius 2 is 2.05 bits per heavy atom. The molecule has 0 saturated carbocycles. The summed E-state index contributed by atoms with van der Waals surface area (Å²) < 4.78 is 5.61. The van der Waals surface area contributed by atoms with Crippen LogP contribution in [0.3, 0.4) is 0 Å². The molecule has 3 rings (SSSR count). The fourth-order valence-electron chi connectivity index (χ4n) is 2.61. The molecule has 0 fully saturated rings. The minimum Gasteiger partial charge on any atom is -0.464 e. The van der Waals surface area contributed by atoms with Crippen LogP contribution in [0.1, 0.15) is 25.8 Å². The van der Waals surface area contributed by atoms with E-state index in [1.165, 1.54) is 0 Å². The fraction of sp³-hybridized carbons (Fsp3) is 0.278. The van der Waals surface area contributed by atoms with Crippen LogP contribution < -0.4 is 5.32 Å². The van der Waals surface area contributed by atoms with Crippen molar-refractivity contribution in [3.63, 3.8) is 0 Å². The molecule has 1 unspecified atom stereocenters. The van der Waals surface area contributed by atoms with Crippen molar-refractivity contribution < 1.29 is 9.21 Å². The number of carbonyl (C=O) groups excluding carboxylic acids is 1. The van der Waals surface area contributed by atoms with E-state index in [0.717, 1.165) is 33.7 Å². The van der Waals surface area contributed by atoms with E-state index >= 15 is 0 Å². The first-order chi connectivity index (χ1) is 10.2. The molecule has 0 spiro atoms. The Balaban J connectivity index is 1.99. The number of hydrogen-bond acceptors (Lipinski definition) is 2. The van der Waals surface area contributed by atoms with Crippen molar-refractivity contribution in [3.8, 4) is 0 Å². The van der Waals surface area contributed by atoms with Crippen LogP contribution in [-0.4, -0.2) is 11.9 Å². The second-order valence-corrected chi connectivity index (χ2v) is 5.47. The van der Waals surface area contributed by atoms with E-state index in [4.69, 9.17) is 4.42 Å². The number of hydrogen-bond donors (Lipinski definition) is 1. The van der Waals surface area contributed by atoms with Gasteiger partial charge in [-0.2, -0.15) is 0 Å². The van der Waals surface area contributed by atoms with Gasteiger partial charge in [-0.25, -0.2) is 0 Å². The maximum Gasteiger partial charge on any atom is 0.224 e. The smallest absolute Gasteiger partial charge is 0.224 e. The standard InChI is InChI=1S/C18H19NO2/c1-3-12(2)19-17(20)10-14-11-21-16-9-8-13-6-4-5-7-15(13)18(14)16/h4-9,11-12H,3,10H2,1-2H3,(H,19,20). The van der Waals surface area contributed by atoms with Crippen LogP contribution in [0.4, 0.5) is 0 Å². The Bertz CT molecular complexity index is 788. The molecule has 1 amide bonds. The molecule has 0 aliphatic rings. The molecule has 0 saturated heterocycles. The Hall–Kier alpha value is -2.29. The van der Waals surface area contributed by atoms with Gasteiger partial charge in [0.05, 0.1) is 12.7 Å². The summed E-state index contributed by atoms with van der Waals surface area (Å²) in [6, 6.07) is 12.4. The van der Waals surface area contributed by atoms with Gasteiger partial charge in [-0.3, -0.25) is 4.79 Å². The summed E-state index contributed by atoms with van der Waals surface area (Å²) in [6.45, 7) is 4.08. The summed E-state index contributed by atoms with van der Waals surface area (Å²) in [5.74, 6) is 0.0417. The maximum atomic E-state index is 12.1. The van der Waals surface area contributed by atoms with Gasteiger partial charge in [0.2, 0.25) is 5.91 Å². The molecular formula is C18H19NO2. The number of fused-ring (bicyclic) bond motifs is 3. The van der Waals surface area contributed by atoms with Gasteiger partial charge in [-0.1, -0.05) is 37.3 Å². The normalized spacial score (nSPS) is 12.7. The average Bonchev–Trinajstić information content (AvgIpc) is 2.90. The molecule has 1 aromatic heterocycles. The molecule has 0 radical (unpaired) electrons. The molecule has 21 heavy (non-hydrogen) atoms. The minimum atomic E-state index is 0.0417. The molecular weight excluding hydrogens is 262 g/mol. The highest BCUT2D eigenvalue weighted by Gasteiger charge is 2.14. The van der Waals surface area contributed by atoms with Gasteiger partial charge >= 0.3 is 0 Å². The van der Waals surface area contributed by atoms with Crippen LogP contribution in [-0.2, 0) is 11.2 Å². The number of carbonyl (C=O) groups is 1. The molecule has 3 nitrogen and oxygen atoms in total. The van der Waals surface area contributed by atoms with E-state index in [-0.39, 0.29) is 11.9 Å². The van der Waals surface area contributed by atoms with Gasteiger partial charge in [0, 0.05) is 17.0 Å². The third-order valence-electron chi connectivity index (χ3n) is 3.91. The Morgan fingerprint density at radius 3 is 2.86 bits per heavy atom. The van der Waals surface area contributed by atoms with Crippen molar-refractivity contribution >= 4 is 27.6 Å². The largest absolute Gasteiger partial charge is 0.464 e. The molecule has 1 heterocycles. The molecule has 2 aromatic carbocycles. The monoisotopic (exact) mass is 281 g/mol. The molecule has 108 valence electrons. The van der Waals surface area contributed by atoms with Gasteiger partial charge in [-0.05, 0) is 30.2 Å². The zero-order chi connectivity index (χ0) is 14.8. The van der Waals surface area contributed by atoms with E-state index < -0.39 is 0 Å². The highest BCUT2D eigenvalue weighted by molar-refractivity contribution is 6.08. The predicted molar refractivity (Wildman–Crippen MR) is 85.3 cm³/mol. The fourth-order valence-corrected chi connectivity index (χ4v) is 2.61. The van der Waals surface area contributed by atoms with Gasteiger partial charge in [0.15, 0.2) is 0 Å². The first-order valence-corrected chi connectivity index (χ1v) is 7.36. The van der Waals surface area contributed by atoms with E-state index in [1.54, 1.807) is 6.26 Å². The summed E-state index contributed by atoms with van der Waals surface area (Å²) in [4.78, 5) is 12.1. The topological polar surface area (TPSA) is 42.2 Å². The van der Waals surface area contributed by atoms with Crippen molar-refractivity contribution in [2.45, 2.75) is 32.7 Å². The van der Waals surface area contributed by atoms with Crippen molar-refractivity contribution in [2.24, 2.45) is 0 Å². The Kier molecular flexibility index (Phi) is 3.65. The van der Waals surface area contributed by atoms with Crippen LogP contribution >= 0.6 is 0 Å². The average molecular weight is 281 g/mol. The number of nitrogens with one attached hydrogen (secondary N) is 1. The zero-order valence-electron chi connectivity index (χ0n) is 12.3. The van der Waals surface area contributed by atoms with E-state index in [1.807, 2.05) is 31.2 Å². The lowest BCUT2D eigenvalue weighted by atomic mass is 10.0. The molecule has 0 bridgehead atoms. The highest BCUT2D eigenvalue weighted by Crippen LogP contribution is 2.30. The predicted octanol–water partition coefficient (Wildman–Crippen LogP) is 4.04. The Morgan fingerprint density at radius 1 is 1.24 bits per heavy atom. The van der Waals surface area contributed by atoms with Crippen molar-refractivity contribution in [3.05, 3.63) is 48.2 Å². The van der Waals surface area contributed by atoms with Crippen LogP contribution in [0.25, 0.3) is 21.7 Å². The summed E-state index contributed by atoms with van der Waals surface area (Å²) in [7, 11) is 0. The Labute approximate surface area is 123 Å². The van der Waals surface area contributed by atoms with Crippen LogP contribution in [0, 0.1) is 0 Å². The lowest BCUT2D eigenvalue weighted by Crippen LogP contribution is -2.33. The number of benzene rings is 2. The third-order valence-corrected chi connectivity index (χ3v) is 3.91. The summed E-state index contributed by atoms with van der Waals surface area (Å²) >= 11 is 0. The summed E-state index contributed by atoms with van der Waals surface area (Å²) in [6.07, 6.45) is 2.99. The van der Waals surface area contributed by atoms with Crippen molar-refractivity contribution in [1.82, 2.24) is 5.32 Å². The lowest BCUT2D eigenvalue weighted by Gasteiger charge is -2.10. The van der Waals surface area contributed by atoms with E-state index in [9.17, 15) is 4.79 Å². The van der Waals surface area contributed by atoms with Crippen LogP contribution in [0.5, 0.6) is 0 Å². The second-order valence-electron chi connectivity index (χ2n) is 5.47. The second kappa shape index (κ2) is 5.60. The maximum absolute atomic E-state index is 12.1. The quantitative estimate of drug-likeness (QED) is 0.784. The zero-order valence-corrected chi connectivity index (χ0v) is 12.3. The first kappa shape index (κ1) is 13.7. The highest BCUT2D eigenvalue weighted by atomic mass is 16.3. The molecule has 1 N–H and O–H groups in total. The van der Waals surface area contributed by atoms with Crippen LogP contribution in [0.15, 0.2) is 47.1 Å². The van der Waals surface area contributed by atoms with Crippen molar-refractivity contribution in [1.29, 1.82) is 0 Å². The van der Waals surface area contributed by atoms with E-state index in [2.05, 4.69) is 24.4 Å². The van der Waals surface area contributed by atoms with Gasteiger partial charge in [0.25, 0.3) is 0 Å². The molecule has 0 aliphatic heterocycles. The SMILES string of the molecule is CCC(C)NC(=O)Cc1coc2ccc3ccccc3c12. The summed E-state index contributed by atoms with van der Waals surface area (Å²) in [5.41, 5.74) is 1.78. The van der Waals surface area contributed by atoms with Crippen LogP contribution in [0.2, 0.25) is 0 Å². The molecule has 0 aliphatic carbocycles. The summed E-state index contributed by atoms with van der Waals surface area (Å²) in [5, 5.41) is 6.34. The third kappa shape index (κ3) is 2.64. The van der Waals surface area contributed by atoms with E-state index in [0.29, 0.717) is 6.42 Å². The first-order valence-electron chi connectivity index (χ1n) is 7.36. The van der Waals surface area contributed by atoms with Gasteiger partial charge < -0.3 is 9.73 Å². The minimum absolute atomic E-state index is 0.0417. The van der Waals surface area contributed by atoms with Gasteiger partial charge in [-0.15, -0.1) is 0 Å². The number of amides is 1. The molecule has 3 heteroatoms. The number of rotatable bonds is 4. The van der Waals surface area contributed by atoms with Gasteiger partial charge in [0.1, 0.15) is 5.58 Å².